The van der Waals surface area contributed by atoms with Crippen molar-refractivity contribution >= 4 is 5.91 Å². The van der Waals surface area contributed by atoms with E-state index >= 15 is 0 Å². The van der Waals surface area contributed by atoms with Crippen molar-refractivity contribution < 1.29 is 14.1 Å². The molecule has 1 atom stereocenters. The number of piperidine rings is 1. The minimum absolute atomic E-state index is 0.0765. The van der Waals surface area contributed by atoms with Gasteiger partial charge in [-0.1, -0.05) is 6.92 Å². The van der Waals surface area contributed by atoms with Crippen LogP contribution < -0.4 is 4.74 Å². The average Bonchev–Trinajstić information content (AvgIpc) is 2.86. The Labute approximate surface area is 101 Å². The van der Waals surface area contributed by atoms with Gasteiger partial charge in [0.2, 0.25) is 5.76 Å². The minimum Gasteiger partial charge on any atom is -0.479 e. The van der Waals surface area contributed by atoms with E-state index in [9.17, 15) is 4.79 Å². The third kappa shape index (κ3) is 2.43. The quantitative estimate of drug-likeness (QED) is 0.809. The molecule has 0 radical (unpaired) electrons. The Hall–Kier alpha value is -1.52. The maximum atomic E-state index is 12.2. The molecule has 17 heavy (non-hydrogen) atoms. The van der Waals surface area contributed by atoms with E-state index in [2.05, 4.69) is 12.1 Å². The molecule has 5 heteroatoms. The Bertz CT molecular complexity index is 389. The number of carbonyl (C=O) groups excluding carboxylic acids is 1. The molecule has 1 saturated heterocycles. The molecule has 1 unspecified atom stereocenters. The molecule has 94 valence electrons. The van der Waals surface area contributed by atoms with Gasteiger partial charge in [0.15, 0.2) is 0 Å². The molecule has 0 saturated carbocycles. The van der Waals surface area contributed by atoms with Crippen LogP contribution in [0.3, 0.4) is 0 Å². The van der Waals surface area contributed by atoms with Gasteiger partial charge in [-0.15, -0.1) is 0 Å². The molecule has 1 aliphatic rings. The maximum absolute atomic E-state index is 12.2. The molecular weight excluding hydrogens is 220 g/mol. The van der Waals surface area contributed by atoms with Gasteiger partial charge >= 0.3 is 0 Å². The van der Waals surface area contributed by atoms with Crippen molar-refractivity contribution in [1.29, 1.82) is 0 Å². The smallest absolute Gasteiger partial charge is 0.292 e. The summed E-state index contributed by atoms with van der Waals surface area (Å²) in [5.74, 6) is 0.535. The molecule has 0 spiro atoms. The van der Waals surface area contributed by atoms with Crippen LogP contribution in [0.1, 0.15) is 43.2 Å². The Balaban J connectivity index is 2.12. The fourth-order valence-corrected chi connectivity index (χ4v) is 2.29. The Morgan fingerprint density at radius 2 is 2.47 bits per heavy atom. The topological polar surface area (TPSA) is 55.6 Å². The first-order valence-electron chi connectivity index (χ1n) is 6.08. The van der Waals surface area contributed by atoms with Crippen LogP contribution in [0, 0.1) is 0 Å². The van der Waals surface area contributed by atoms with Crippen molar-refractivity contribution in [2.24, 2.45) is 0 Å². The predicted molar refractivity (Wildman–Crippen MR) is 62.0 cm³/mol. The van der Waals surface area contributed by atoms with Gasteiger partial charge in [0.25, 0.3) is 11.8 Å². The first-order chi connectivity index (χ1) is 8.26. The molecule has 0 bridgehead atoms. The van der Waals surface area contributed by atoms with Crippen molar-refractivity contribution in [2.75, 3.05) is 13.7 Å². The second-order valence-electron chi connectivity index (χ2n) is 4.29. The summed E-state index contributed by atoms with van der Waals surface area (Å²) in [5.41, 5.74) is 0. The summed E-state index contributed by atoms with van der Waals surface area (Å²) in [5, 5.41) is 3.66. The molecular formula is C12H18N2O3. The van der Waals surface area contributed by atoms with Gasteiger partial charge in [-0.2, -0.15) is 0 Å². The number of methoxy groups -OCH3 is 1. The van der Waals surface area contributed by atoms with Gasteiger partial charge in [0.1, 0.15) is 0 Å². The first kappa shape index (κ1) is 12.0. The van der Waals surface area contributed by atoms with Crippen LogP contribution in [0.5, 0.6) is 5.88 Å². The summed E-state index contributed by atoms with van der Waals surface area (Å²) < 4.78 is 9.91. The monoisotopic (exact) mass is 238 g/mol. The lowest BCUT2D eigenvalue weighted by Crippen LogP contribution is -2.43. The Morgan fingerprint density at radius 1 is 1.65 bits per heavy atom. The normalized spacial score (nSPS) is 20.4. The SMILES string of the molecule is CCC1CCCCN1C(=O)c1cc(OC)no1. The van der Waals surface area contributed by atoms with Crippen LogP contribution in [0.15, 0.2) is 10.6 Å². The number of carbonyl (C=O) groups is 1. The second kappa shape index (κ2) is 5.21. The molecule has 1 fully saturated rings. The highest BCUT2D eigenvalue weighted by Crippen LogP contribution is 2.22. The van der Waals surface area contributed by atoms with E-state index in [0.29, 0.717) is 11.9 Å². The van der Waals surface area contributed by atoms with Gasteiger partial charge in [0, 0.05) is 12.6 Å². The zero-order chi connectivity index (χ0) is 12.3. The van der Waals surface area contributed by atoms with Crippen LogP contribution >= 0.6 is 0 Å². The summed E-state index contributed by atoms with van der Waals surface area (Å²) in [6, 6.07) is 1.87. The van der Waals surface area contributed by atoms with Crippen molar-refractivity contribution in [1.82, 2.24) is 10.1 Å². The van der Waals surface area contributed by atoms with E-state index in [1.807, 2.05) is 4.90 Å². The number of hydrogen-bond donors (Lipinski definition) is 0. The van der Waals surface area contributed by atoms with Gasteiger partial charge in [-0.3, -0.25) is 4.79 Å². The highest BCUT2D eigenvalue weighted by Gasteiger charge is 2.28. The van der Waals surface area contributed by atoms with Crippen LogP contribution in [-0.4, -0.2) is 35.7 Å². The number of likely N-dealkylation sites (tertiary alicyclic amines) is 1. The lowest BCUT2D eigenvalue weighted by Gasteiger charge is -2.34. The third-order valence-corrected chi connectivity index (χ3v) is 3.27. The summed E-state index contributed by atoms with van der Waals surface area (Å²) in [4.78, 5) is 14.1. The Kier molecular flexibility index (Phi) is 3.66. The summed E-state index contributed by atoms with van der Waals surface area (Å²) in [6.45, 7) is 2.91. The molecule has 0 aromatic carbocycles. The van der Waals surface area contributed by atoms with Gasteiger partial charge < -0.3 is 14.2 Å². The van der Waals surface area contributed by atoms with E-state index in [1.54, 1.807) is 6.07 Å². The highest BCUT2D eigenvalue weighted by atomic mass is 16.5. The number of aromatic nitrogens is 1. The number of hydrogen-bond acceptors (Lipinski definition) is 4. The molecule has 5 nitrogen and oxygen atoms in total. The molecule has 2 rings (SSSR count). The molecule has 0 aliphatic carbocycles. The number of rotatable bonds is 3. The molecule has 1 aromatic heterocycles. The van der Waals surface area contributed by atoms with Crippen molar-refractivity contribution in [2.45, 2.75) is 38.6 Å². The summed E-state index contributed by atoms with van der Waals surface area (Å²) in [6.07, 6.45) is 4.32. The van der Waals surface area contributed by atoms with Crippen molar-refractivity contribution in [3.05, 3.63) is 11.8 Å². The van der Waals surface area contributed by atoms with Gasteiger partial charge in [-0.25, -0.2) is 0 Å². The van der Waals surface area contributed by atoms with Gasteiger partial charge in [-0.05, 0) is 30.8 Å². The molecule has 1 aliphatic heterocycles. The number of nitrogens with zero attached hydrogens (tertiary/aromatic N) is 2. The van der Waals surface area contributed by atoms with Crippen LogP contribution in [0.4, 0.5) is 0 Å². The zero-order valence-corrected chi connectivity index (χ0v) is 10.3. The van der Waals surface area contributed by atoms with Crippen LogP contribution in [0.25, 0.3) is 0 Å². The molecule has 1 amide bonds. The summed E-state index contributed by atoms with van der Waals surface area (Å²) >= 11 is 0. The van der Waals surface area contributed by atoms with Gasteiger partial charge in [0.05, 0.1) is 13.2 Å². The molecule has 1 aromatic rings. The third-order valence-electron chi connectivity index (χ3n) is 3.27. The highest BCUT2D eigenvalue weighted by molar-refractivity contribution is 5.91. The first-order valence-corrected chi connectivity index (χ1v) is 6.08. The standard InChI is InChI=1S/C12H18N2O3/c1-3-9-6-4-5-7-14(9)12(15)10-8-11(16-2)13-17-10/h8-9H,3-7H2,1-2H3. The lowest BCUT2D eigenvalue weighted by molar-refractivity contribution is 0.0566. The second-order valence-corrected chi connectivity index (χ2v) is 4.29. The fourth-order valence-electron chi connectivity index (χ4n) is 2.29. The van der Waals surface area contributed by atoms with Crippen molar-refractivity contribution in [3.63, 3.8) is 0 Å². The van der Waals surface area contributed by atoms with E-state index in [0.717, 1.165) is 25.8 Å². The van der Waals surface area contributed by atoms with E-state index in [1.165, 1.54) is 13.5 Å². The molecule has 0 N–H and O–H groups in total. The van der Waals surface area contributed by atoms with Crippen molar-refractivity contribution in [3.8, 4) is 5.88 Å². The number of amides is 1. The minimum atomic E-state index is -0.0765. The van der Waals surface area contributed by atoms with E-state index < -0.39 is 0 Å². The van der Waals surface area contributed by atoms with E-state index in [-0.39, 0.29) is 11.7 Å². The maximum Gasteiger partial charge on any atom is 0.292 e. The van der Waals surface area contributed by atoms with Crippen LogP contribution in [-0.2, 0) is 0 Å². The number of ether oxygens (including phenoxy) is 1. The average molecular weight is 238 g/mol. The predicted octanol–water partition coefficient (Wildman–Crippen LogP) is 2.09. The largest absolute Gasteiger partial charge is 0.479 e. The summed E-state index contributed by atoms with van der Waals surface area (Å²) in [7, 11) is 1.50. The fraction of sp³-hybridized carbons (Fsp3) is 0.667. The Morgan fingerprint density at radius 3 is 3.12 bits per heavy atom. The zero-order valence-electron chi connectivity index (χ0n) is 10.3. The molecule has 2 heterocycles. The van der Waals surface area contributed by atoms with E-state index in [4.69, 9.17) is 9.26 Å². The van der Waals surface area contributed by atoms with Crippen LogP contribution in [0.2, 0.25) is 0 Å². The lowest BCUT2D eigenvalue weighted by atomic mass is 10.00.